The number of fused-ring (bicyclic) bond motifs is 1. The van der Waals surface area contributed by atoms with E-state index in [4.69, 9.17) is 0 Å². The van der Waals surface area contributed by atoms with Gasteiger partial charge in [-0.1, -0.05) is 20.8 Å². The molecule has 0 unspecified atom stereocenters. The zero-order valence-corrected chi connectivity index (χ0v) is 14.0. The number of aromatic nitrogens is 5. The van der Waals surface area contributed by atoms with Crippen LogP contribution in [0, 0.1) is 0 Å². The minimum Gasteiger partial charge on any atom is -0.367 e. The first kappa shape index (κ1) is 15.4. The van der Waals surface area contributed by atoms with Crippen LogP contribution < -0.4 is 5.32 Å². The number of nitrogens with zero attached hydrogens (tertiary/aromatic N) is 5. The molecule has 120 valence electrons. The number of nitrogens with one attached hydrogen (secondary N) is 1. The van der Waals surface area contributed by atoms with Crippen molar-refractivity contribution in [3.63, 3.8) is 0 Å². The maximum atomic E-state index is 4.64. The molecule has 3 heterocycles. The Morgan fingerprint density at radius 3 is 2.70 bits per heavy atom. The fourth-order valence-electron chi connectivity index (χ4n) is 2.26. The number of pyridine rings is 1. The highest BCUT2D eigenvalue weighted by Crippen LogP contribution is 2.22. The van der Waals surface area contributed by atoms with Crippen LogP contribution in [0.15, 0.2) is 30.6 Å². The van der Waals surface area contributed by atoms with E-state index in [9.17, 15) is 0 Å². The standard InChI is InChI=1S/C17H22N6/c1-5-12(4)19-15-9-14(11(2)3)20-17-21-16(22-23(15)17)13-7-6-8-18-10-13/h6-12,19H,5H2,1-4H3/t12-/m0/s1. The van der Waals surface area contributed by atoms with Crippen LogP contribution in [-0.2, 0) is 0 Å². The van der Waals surface area contributed by atoms with Crippen LogP contribution in [0.4, 0.5) is 5.82 Å². The largest absolute Gasteiger partial charge is 0.367 e. The molecule has 0 aromatic carbocycles. The minimum atomic E-state index is 0.330. The molecule has 1 atom stereocenters. The van der Waals surface area contributed by atoms with Crippen molar-refractivity contribution in [2.45, 2.75) is 46.1 Å². The van der Waals surface area contributed by atoms with Crippen molar-refractivity contribution in [3.05, 3.63) is 36.3 Å². The summed E-state index contributed by atoms with van der Waals surface area (Å²) in [5, 5.41) is 8.11. The van der Waals surface area contributed by atoms with Gasteiger partial charge in [-0.2, -0.15) is 9.50 Å². The molecular weight excluding hydrogens is 288 g/mol. The second-order valence-corrected chi connectivity index (χ2v) is 6.06. The Labute approximate surface area is 136 Å². The number of hydrogen-bond acceptors (Lipinski definition) is 5. The van der Waals surface area contributed by atoms with Gasteiger partial charge in [-0.05, 0) is 31.4 Å². The van der Waals surface area contributed by atoms with Gasteiger partial charge in [0.1, 0.15) is 5.82 Å². The quantitative estimate of drug-likeness (QED) is 0.781. The molecule has 0 aliphatic rings. The monoisotopic (exact) mass is 310 g/mol. The molecule has 3 aromatic rings. The summed E-state index contributed by atoms with van der Waals surface area (Å²) in [4.78, 5) is 13.4. The molecular formula is C17H22N6. The van der Waals surface area contributed by atoms with E-state index in [-0.39, 0.29) is 0 Å². The van der Waals surface area contributed by atoms with Crippen molar-refractivity contribution < 1.29 is 0 Å². The van der Waals surface area contributed by atoms with E-state index in [1.807, 2.05) is 12.1 Å². The van der Waals surface area contributed by atoms with Crippen LogP contribution in [0.2, 0.25) is 0 Å². The van der Waals surface area contributed by atoms with Crippen molar-refractivity contribution in [1.82, 2.24) is 24.6 Å². The van der Waals surface area contributed by atoms with Crippen LogP contribution >= 0.6 is 0 Å². The molecule has 23 heavy (non-hydrogen) atoms. The molecule has 3 rings (SSSR count). The van der Waals surface area contributed by atoms with Crippen molar-refractivity contribution in [2.75, 3.05) is 5.32 Å². The summed E-state index contributed by atoms with van der Waals surface area (Å²) in [6.07, 6.45) is 4.54. The molecule has 1 N–H and O–H groups in total. The van der Waals surface area contributed by atoms with Crippen LogP contribution in [0.25, 0.3) is 17.2 Å². The topological polar surface area (TPSA) is 68.0 Å². The van der Waals surface area contributed by atoms with E-state index in [2.05, 4.69) is 59.1 Å². The first-order valence-electron chi connectivity index (χ1n) is 8.03. The summed E-state index contributed by atoms with van der Waals surface area (Å²) in [5.74, 6) is 2.51. The smallest absolute Gasteiger partial charge is 0.254 e. The zero-order valence-electron chi connectivity index (χ0n) is 14.0. The van der Waals surface area contributed by atoms with E-state index in [0.717, 1.165) is 23.5 Å². The molecule has 0 bridgehead atoms. The SMILES string of the molecule is CC[C@H](C)Nc1cc(C(C)C)nc2nc(-c3cccnc3)nn12. The van der Waals surface area contributed by atoms with Crippen LogP contribution in [-0.4, -0.2) is 30.6 Å². The normalized spacial score (nSPS) is 12.7. The van der Waals surface area contributed by atoms with E-state index in [0.29, 0.717) is 23.6 Å². The van der Waals surface area contributed by atoms with E-state index in [1.165, 1.54) is 0 Å². The van der Waals surface area contributed by atoms with Gasteiger partial charge in [0.25, 0.3) is 5.78 Å². The van der Waals surface area contributed by atoms with E-state index >= 15 is 0 Å². The summed E-state index contributed by atoms with van der Waals surface area (Å²) < 4.78 is 1.78. The molecule has 6 heteroatoms. The van der Waals surface area contributed by atoms with Gasteiger partial charge in [0.05, 0.1) is 5.69 Å². The van der Waals surface area contributed by atoms with Crippen LogP contribution in [0.5, 0.6) is 0 Å². The predicted octanol–water partition coefficient (Wildman–Crippen LogP) is 3.52. The molecule has 0 saturated carbocycles. The third-order valence-corrected chi connectivity index (χ3v) is 3.85. The summed E-state index contributed by atoms with van der Waals surface area (Å²) >= 11 is 0. The number of rotatable bonds is 5. The summed E-state index contributed by atoms with van der Waals surface area (Å²) in [5.41, 5.74) is 1.90. The molecule has 0 amide bonds. The van der Waals surface area contributed by atoms with Crippen molar-refractivity contribution in [3.8, 4) is 11.4 Å². The molecule has 0 saturated heterocycles. The highest BCUT2D eigenvalue weighted by molar-refractivity contribution is 5.57. The third kappa shape index (κ3) is 3.16. The highest BCUT2D eigenvalue weighted by Gasteiger charge is 2.15. The van der Waals surface area contributed by atoms with Crippen molar-refractivity contribution >= 4 is 11.6 Å². The van der Waals surface area contributed by atoms with Gasteiger partial charge >= 0.3 is 0 Å². The van der Waals surface area contributed by atoms with Gasteiger partial charge in [0, 0.05) is 30.1 Å². The summed E-state index contributed by atoms with van der Waals surface area (Å²) in [6, 6.07) is 6.25. The highest BCUT2D eigenvalue weighted by atomic mass is 15.4. The van der Waals surface area contributed by atoms with Gasteiger partial charge in [-0.15, -0.1) is 5.10 Å². The van der Waals surface area contributed by atoms with E-state index in [1.54, 1.807) is 16.9 Å². The Kier molecular flexibility index (Phi) is 4.23. The van der Waals surface area contributed by atoms with Crippen LogP contribution in [0.3, 0.4) is 0 Å². The Balaban J connectivity index is 2.13. The number of hydrogen-bond donors (Lipinski definition) is 1. The average molecular weight is 310 g/mol. The van der Waals surface area contributed by atoms with Gasteiger partial charge in [-0.25, -0.2) is 4.98 Å². The lowest BCUT2D eigenvalue weighted by Crippen LogP contribution is -2.17. The second kappa shape index (κ2) is 6.32. The zero-order chi connectivity index (χ0) is 16.4. The maximum Gasteiger partial charge on any atom is 0.254 e. The Morgan fingerprint density at radius 2 is 2.04 bits per heavy atom. The average Bonchev–Trinajstić information content (AvgIpc) is 2.99. The maximum absolute atomic E-state index is 4.64. The molecule has 0 radical (unpaired) electrons. The summed E-state index contributed by atoms with van der Waals surface area (Å²) in [7, 11) is 0. The Hall–Kier alpha value is -2.50. The Morgan fingerprint density at radius 1 is 1.22 bits per heavy atom. The van der Waals surface area contributed by atoms with Crippen molar-refractivity contribution in [1.29, 1.82) is 0 Å². The minimum absolute atomic E-state index is 0.330. The number of anilines is 1. The van der Waals surface area contributed by atoms with Crippen LogP contribution in [0.1, 0.15) is 45.7 Å². The fraction of sp³-hybridized carbons (Fsp3) is 0.412. The molecule has 3 aromatic heterocycles. The fourth-order valence-corrected chi connectivity index (χ4v) is 2.26. The summed E-state index contributed by atoms with van der Waals surface area (Å²) in [6.45, 7) is 8.57. The van der Waals surface area contributed by atoms with E-state index < -0.39 is 0 Å². The molecule has 0 aliphatic carbocycles. The first-order valence-corrected chi connectivity index (χ1v) is 8.03. The van der Waals surface area contributed by atoms with Gasteiger partial charge in [0.15, 0.2) is 5.82 Å². The second-order valence-electron chi connectivity index (χ2n) is 6.06. The molecule has 0 aliphatic heterocycles. The van der Waals surface area contributed by atoms with Gasteiger partial charge < -0.3 is 5.32 Å². The first-order chi connectivity index (χ1) is 11.1. The lowest BCUT2D eigenvalue weighted by molar-refractivity contribution is 0.742. The molecule has 0 fully saturated rings. The lowest BCUT2D eigenvalue weighted by atomic mass is 10.1. The molecule has 6 nitrogen and oxygen atoms in total. The van der Waals surface area contributed by atoms with Crippen molar-refractivity contribution in [2.24, 2.45) is 0 Å². The van der Waals surface area contributed by atoms with Gasteiger partial charge in [-0.3, -0.25) is 4.98 Å². The molecule has 0 spiro atoms. The van der Waals surface area contributed by atoms with Gasteiger partial charge in [0.2, 0.25) is 0 Å². The Bertz CT molecular complexity index is 793. The third-order valence-electron chi connectivity index (χ3n) is 3.85. The predicted molar refractivity (Wildman–Crippen MR) is 91.5 cm³/mol. The lowest BCUT2D eigenvalue weighted by Gasteiger charge is -2.15.